The van der Waals surface area contributed by atoms with Crippen LogP contribution >= 0.6 is 0 Å². The summed E-state index contributed by atoms with van der Waals surface area (Å²) >= 11 is 0. The quantitative estimate of drug-likeness (QED) is 0.146. The molecule has 6 heteroatoms. The number of carbonyl (C=O) groups excluding carboxylic acids is 2. The number of aryl methyl sites for hydroxylation is 1. The van der Waals surface area contributed by atoms with Gasteiger partial charge >= 0.3 is 5.97 Å². The lowest BCUT2D eigenvalue weighted by atomic mass is 9.84. The van der Waals surface area contributed by atoms with Crippen LogP contribution in [-0.4, -0.2) is 36.7 Å². The highest BCUT2D eigenvalue weighted by atomic mass is 16.5. The molecule has 214 valence electrons. The van der Waals surface area contributed by atoms with Gasteiger partial charge in [-0.3, -0.25) is 4.79 Å². The fourth-order valence-corrected chi connectivity index (χ4v) is 5.15. The molecule has 0 saturated heterocycles. The van der Waals surface area contributed by atoms with Crippen LogP contribution in [0.2, 0.25) is 0 Å². The molecule has 1 aliphatic rings. The van der Waals surface area contributed by atoms with Crippen LogP contribution in [0, 0.1) is 12.8 Å². The predicted molar refractivity (Wildman–Crippen MR) is 163 cm³/mol. The van der Waals surface area contributed by atoms with Crippen LogP contribution in [-0.2, 0) is 27.8 Å². The summed E-state index contributed by atoms with van der Waals surface area (Å²) in [5.41, 5.74) is 7.95. The molecule has 1 unspecified atom stereocenters. The number of benzene rings is 1. The average molecular weight is 545 g/mol. The smallest absolute Gasteiger partial charge is 0.331 e. The third kappa shape index (κ3) is 8.35. The van der Waals surface area contributed by atoms with E-state index in [4.69, 9.17) is 9.47 Å². The zero-order chi connectivity index (χ0) is 29.2. The molecule has 0 aliphatic heterocycles. The third-order valence-corrected chi connectivity index (χ3v) is 7.64. The van der Waals surface area contributed by atoms with Gasteiger partial charge in [-0.25, -0.2) is 4.79 Å². The minimum absolute atomic E-state index is 0.109. The molecule has 1 N–H and O–H groups in total. The van der Waals surface area contributed by atoms with Gasteiger partial charge in [0.1, 0.15) is 12.4 Å². The first-order valence-electron chi connectivity index (χ1n) is 14.1. The van der Waals surface area contributed by atoms with Crippen LogP contribution in [0.3, 0.4) is 0 Å². The zero-order valence-corrected chi connectivity index (χ0v) is 25.1. The van der Waals surface area contributed by atoms with Crippen molar-refractivity contribution >= 4 is 22.8 Å². The molecule has 2 aromatic rings. The number of hydrogen-bond donors (Lipinski definition) is 1. The van der Waals surface area contributed by atoms with Crippen molar-refractivity contribution < 1.29 is 19.1 Å². The topological polar surface area (TPSA) is 69.6 Å². The number of amides is 1. The Labute approximate surface area is 239 Å². The summed E-state index contributed by atoms with van der Waals surface area (Å²) in [6, 6.07) is 5.87. The van der Waals surface area contributed by atoms with Gasteiger partial charge in [0.2, 0.25) is 5.91 Å². The predicted octanol–water partition coefficient (Wildman–Crippen LogP) is 6.84. The van der Waals surface area contributed by atoms with E-state index in [2.05, 4.69) is 42.8 Å². The maximum atomic E-state index is 12.6. The van der Waals surface area contributed by atoms with Crippen LogP contribution in [0.1, 0.15) is 58.2 Å². The summed E-state index contributed by atoms with van der Waals surface area (Å²) < 4.78 is 12.7. The van der Waals surface area contributed by atoms with Crippen LogP contribution in [0.4, 0.5) is 0 Å². The number of rotatable bonds is 11. The lowest BCUT2D eigenvalue weighted by Crippen LogP contribution is -2.29. The Morgan fingerprint density at radius 1 is 1.15 bits per heavy atom. The highest BCUT2D eigenvalue weighted by molar-refractivity contribution is 5.91. The van der Waals surface area contributed by atoms with Crippen molar-refractivity contribution in [2.45, 2.75) is 60.3 Å². The molecule has 1 amide bonds. The molecule has 1 aromatic carbocycles. The van der Waals surface area contributed by atoms with Gasteiger partial charge < -0.3 is 19.4 Å². The number of hydrogen-bond acceptors (Lipinski definition) is 4. The second-order valence-electron chi connectivity index (χ2n) is 10.7. The number of carbonyl (C=O) groups is 2. The summed E-state index contributed by atoms with van der Waals surface area (Å²) in [5, 5.41) is 3.85. The first-order valence-corrected chi connectivity index (χ1v) is 14.1. The molecule has 40 heavy (non-hydrogen) atoms. The second kappa shape index (κ2) is 14.5. The molecule has 1 atom stereocenters. The fourth-order valence-electron chi connectivity index (χ4n) is 5.15. The van der Waals surface area contributed by atoms with E-state index >= 15 is 0 Å². The number of nitrogens with zero attached hydrogens (tertiary/aromatic N) is 1. The molecular formula is C34H44N2O4. The zero-order valence-electron chi connectivity index (χ0n) is 25.1. The summed E-state index contributed by atoms with van der Waals surface area (Å²) in [6.07, 6.45) is 15.7. The van der Waals surface area contributed by atoms with Gasteiger partial charge in [-0.1, -0.05) is 48.5 Å². The van der Waals surface area contributed by atoms with Crippen LogP contribution < -0.4 is 10.1 Å². The molecule has 1 aromatic heterocycles. The van der Waals surface area contributed by atoms with Crippen molar-refractivity contribution in [2.24, 2.45) is 13.0 Å². The molecule has 6 nitrogen and oxygen atoms in total. The summed E-state index contributed by atoms with van der Waals surface area (Å²) in [5.74, 6) is 0.827. The van der Waals surface area contributed by atoms with Gasteiger partial charge in [-0.05, 0) is 87.8 Å². The fraction of sp³-hybridized carbons (Fsp3) is 0.412. The summed E-state index contributed by atoms with van der Waals surface area (Å²) in [6.45, 7) is 10.8. The Hall–Kier alpha value is -3.80. The summed E-state index contributed by atoms with van der Waals surface area (Å²) in [7, 11) is 3.62. The Morgan fingerprint density at radius 3 is 2.65 bits per heavy atom. The Morgan fingerprint density at radius 2 is 1.93 bits per heavy atom. The van der Waals surface area contributed by atoms with E-state index < -0.39 is 5.97 Å². The van der Waals surface area contributed by atoms with E-state index in [1.165, 1.54) is 36.5 Å². The van der Waals surface area contributed by atoms with Crippen molar-refractivity contribution in [2.75, 3.05) is 20.3 Å². The van der Waals surface area contributed by atoms with Crippen LogP contribution in [0.5, 0.6) is 5.75 Å². The van der Waals surface area contributed by atoms with E-state index in [0.29, 0.717) is 5.92 Å². The largest absolute Gasteiger partial charge is 0.497 e. The van der Waals surface area contributed by atoms with Crippen molar-refractivity contribution in [1.29, 1.82) is 0 Å². The highest BCUT2D eigenvalue weighted by Gasteiger charge is 2.16. The van der Waals surface area contributed by atoms with Crippen molar-refractivity contribution in [3.05, 3.63) is 88.2 Å². The minimum atomic E-state index is -0.428. The molecule has 0 fully saturated rings. The Balaban J connectivity index is 1.44. The number of allylic oxidation sites excluding steroid dienone is 9. The SMILES string of the molecule is COc1ccc2c(c1)c(CC(=O)NCCOC(=O)\C=C(C)/C=C/C=C(C)/C=C/C1=C(C)CCCC1C)c(C)n2C. The van der Waals surface area contributed by atoms with E-state index in [9.17, 15) is 9.59 Å². The van der Waals surface area contributed by atoms with Gasteiger partial charge in [0.15, 0.2) is 0 Å². The molecule has 0 saturated carbocycles. The van der Waals surface area contributed by atoms with Crippen molar-refractivity contribution in [1.82, 2.24) is 9.88 Å². The summed E-state index contributed by atoms with van der Waals surface area (Å²) in [4.78, 5) is 24.8. The molecule has 1 aliphatic carbocycles. The van der Waals surface area contributed by atoms with E-state index in [-0.39, 0.29) is 25.5 Å². The Bertz CT molecular complexity index is 1380. The Kier molecular flexibility index (Phi) is 11.2. The first-order chi connectivity index (χ1) is 19.1. The number of methoxy groups -OCH3 is 1. The number of esters is 1. The molecule has 0 bridgehead atoms. The van der Waals surface area contributed by atoms with E-state index in [1.807, 2.05) is 57.3 Å². The first kappa shape index (κ1) is 30.7. The lowest BCUT2D eigenvalue weighted by molar-refractivity contribution is -0.138. The average Bonchev–Trinajstić information content (AvgIpc) is 3.14. The number of ether oxygens (including phenoxy) is 2. The molecule has 0 spiro atoms. The monoisotopic (exact) mass is 544 g/mol. The van der Waals surface area contributed by atoms with Gasteiger partial charge in [0.25, 0.3) is 0 Å². The normalized spacial score (nSPS) is 16.8. The standard InChI is InChI=1S/C34H44N2O4/c1-23(14-16-29-25(3)12-9-13-26(29)4)10-8-11-24(2)20-34(38)40-19-18-35-33(37)22-30-27(5)36(6)32-17-15-28(39-7)21-31(30)32/h8,10-11,14-17,20-21,25H,9,12-13,18-19,22H2,1-7H3,(H,35,37)/b11-8+,16-14+,23-10+,24-20-. The maximum absolute atomic E-state index is 12.6. The van der Waals surface area contributed by atoms with Crippen molar-refractivity contribution in [3.8, 4) is 5.75 Å². The number of aromatic nitrogens is 1. The van der Waals surface area contributed by atoms with Crippen molar-refractivity contribution in [3.63, 3.8) is 0 Å². The van der Waals surface area contributed by atoms with E-state index in [1.54, 1.807) is 7.11 Å². The number of nitrogens with one attached hydrogen (secondary N) is 1. The number of fused-ring (bicyclic) bond motifs is 1. The van der Waals surface area contributed by atoms with Gasteiger partial charge in [0, 0.05) is 29.7 Å². The minimum Gasteiger partial charge on any atom is -0.497 e. The third-order valence-electron chi connectivity index (χ3n) is 7.64. The molecule has 3 rings (SSSR count). The highest BCUT2D eigenvalue weighted by Crippen LogP contribution is 2.31. The molecular weight excluding hydrogens is 500 g/mol. The van der Waals surface area contributed by atoms with Gasteiger partial charge in [-0.15, -0.1) is 0 Å². The van der Waals surface area contributed by atoms with Gasteiger partial charge in [-0.2, -0.15) is 0 Å². The molecule has 0 radical (unpaired) electrons. The van der Waals surface area contributed by atoms with E-state index in [0.717, 1.165) is 39.1 Å². The van der Waals surface area contributed by atoms with Gasteiger partial charge in [0.05, 0.1) is 20.1 Å². The van der Waals surface area contributed by atoms with Crippen LogP contribution in [0.25, 0.3) is 10.9 Å². The second-order valence-corrected chi connectivity index (χ2v) is 10.7. The lowest BCUT2D eigenvalue weighted by Gasteiger charge is -2.22. The maximum Gasteiger partial charge on any atom is 0.331 e. The van der Waals surface area contributed by atoms with Crippen LogP contribution in [0.15, 0.2) is 76.9 Å². The molecule has 1 heterocycles.